The van der Waals surface area contributed by atoms with Gasteiger partial charge in [0.25, 0.3) is 0 Å². The molecule has 7 heteroatoms. The van der Waals surface area contributed by atoms with Crippen molar-refractivity contribution in [3.8, 4) is 17.7 Å². The van der Waals surface area contributed by atoms with Crippen LogP contribution in [0.3, 0.4) is 0 Å². The van der Waals surface area contributed by atoms with Gasteiger partial charge >= 0.3 is 11.9 Å². The topological polar surface area (TPSA) is 88.9 Å². The lowest BCUT2D eigenvalue weighted by Gasteiger charge is -2.56. The Hall–Kier alpha value is -3.01. The quantitative estimate of drug-likeness (QED) is 0.335. The molecule has 144 valence electrons. The monoisotopic (exact) mass is 380 g/mol. The molecule has 7 nitrogen and oxygen atoms in total. The number of likely N-dealkylation sites (tertiary alicyclic amines) is 1. The zero-order valence-corrected chi connectivity index (χ0v) is 15.7. The van der Waals surface area contributed by atoms with Crippen LogP contribution in [0.4, 0.5) is 0 Å². The molecule has 0 unspecified atom stereocenters. The second-order valence-corrected chi connectivity index (χ2v) is 7.90. The van der Waals surface area contributed by atoms with Crippen molar-refractivity contribution in [1.82, 2.24) is 4.90 Å². The fraction of sp³-hybridized carbons (Fsp3) is 0.476. The maximum Gasteiger partial charge on any atom is 0.308 e. The van der Waals surface area contributed by atoms with Gasteiger partial charge in [-0.05, 0) is 30.5 Å². The van der Waals surface area contributed by atoms with E-state index in [0.29, 0.717) is 24.5 Å². The standard InChI is InChI=1S/C21H20N2O5/c1-11(24)26-16-5-3-13-9-15-14-4-6-17(27-12(2)25)20-21(14,7-8-23(15)10-22)18(13)19(16)28-20/h3-6,14-15,17,20H,7-9H2,1-2H3/t14-,15+,17-,20-,21-/m0/s1. The SMILES string of the molecule is CC(=O)Oc1ccc2c3c1O[C@H]1[C@@H](OC(C)=O)C=C[C@H]4[C@@H](C2)N(C#N)CC[C@@]341. The summed E-state index contributed by atoms with van der Waals surface area (Å²) in [6, 6.07) is 3.76. The smallest absolute Gasteiger partial charge is 0.308 e. The molecule has 2 aliphatic carbocycles. The van der Waals surface area contributed by atoms with Gasteiger partial charge in [0.15, 0.2) is 23.8 Å². The van der Waals surface area contributed by atoms with Crippen molar-refractivity contribution in [3.05, 3.63) is 35.4 Å². The average molecular weight is 380 g/mol. The van der Waals surface area contributed by atoms with Crippen molar-refractivity contribution in [2.45, 2.75) is 50.4 Å². The molecule has 1 spiro atoms. The first-order valence-electron chi connectivity index (χ1n) is 9.49. The predicted octanol–water partition coefficient (Wildman–Crippen LogP) is 1.84. The molecule has 2 bridgehead atoms. The van der Waals surface area contributed by atoms with E-state index in [1.165, 1.54) is 13.8 Å². The van der Waals surface area contributed by atoms with Crippen molar-refractivity contribution >= 4 is 11.9 Å². The lowest BCUT2D eigenvalue weighted by atomic mass is 9.53. The number of ether oxygens (including phenoxy) is 3. The maximum absolute atomic E-state index is 11.7. The van der Waals surface area contributed by atoms with E-state index in [-0.39, 0.29) is 17.9 Å². The number of nitrogens with zero attached hydrogens (tertiary/aromatic N) is 2. The summed E-state index contributed by atoms with van der Waals surface area (Å²) >= 11 is 0. The molecule has 5 rings (SSSR count). The summed E-state index contributed by atoms with van der Waals surface area (Å²) in [5.74, 6) is 0.264. The zero-order chi connectivity index (χ0) is 19.6. The number of esters is 2. The Balaban J connectivity index is 1.72. The molecule has 0 aromatic heterocycles. The van der Waals surface area contributed by atoms with Crippen LogP contribution in [0.15, 0.2) is 24.3 Å². The Morgan fingerprint density at radius 2 is 2.11 bits per heavy atom. The Labute approximate surface area is 162 Å². The van der Waals surface area contributed by atoms with Crippen LogP contribution in [0, 0.1) is 17.4 Å². The van der Waals surface area contributed by atoms with E-state index in [9.17, 15) is 14.9 Å². The molecule has 28 heavy (non-hydrogen) atoms. The van der Waals surface area contributed by atoms with Crippen molar-refractivity contribution in [3.63, 3.8) is 0 Å². The van der Waals surface area contributed by atoms with Crippen LogP contribution in [0.1, 0.15) is 31.4 Å². The third kappa shape index (κ3) is 2.09. The van der Waals surface area contributed by atoms with Crippen molar-refractivity contribution in [2.75, 3.05) is 6.54 Å². The summed E-state index contributed by atoms with van der Waals surface area (Å²) in [6.07, 6.45) is 6.80. The summed E-state index contributed by atoms with van der Waals surface area (Å²) in [5.41, 5.74) is 1.76. The molecule has 0 saturated carbocycles. The molecular formula is C21H20N2O5. The fourth-order valence-corrected chi connectivity index (χ4v) is 5.68. The molecule has 1 aromatic rings. The number of benzene rings is 1. The van der Waals surface area contributed by atoms with E-state index in [4.69, 9.17) is 14.2 Å². The summed E-state index contributed by atoms with van der Waals surface area (Å²) in [7, 11) is 0. The lowest BCUT2D eigenvalue weighted by Crippen LogP contribution is -2.65. The summed E-state index contributed by atoms with van der Waals surface area (Å²) in [5, 5.41) is 9.63. The van der Waals surface area contributed by atoms with Crippen LogP contribution in [0.25, 0.3) is 0 Å². The maximum atomic E-state index is 11.7. The highest BCUT2D eigenvalue weighted by Gasteiger charge is 2.65. The van der Waals surface area contributed by atoms with Gasteiger partial charge in [0.2, 0.25) is 0 Å². The van der Waals surface area contributed by atoms with Gasteiger partial charge in [0, 0.05) is 31.9 Å². The number of piperidine rings is 1. The number of hydrogen-bond acceptors (Lipinski definition) is 7. The van der Waals surface area contributed by atoms with Gasteiger partial charge in [0.05, 0.1) is 11.5 Å². The minimum Gasteiger partial charge on any atom is -0.481 e. The number of carbonyl (C=O) groups excluding carboxylic acids is 2. The predicted molar refractivity (Wildman–Crippen MR) is 96.5 cm³/mol. The summed E-state index contributed by atoms with van der Waals surface area (Å²) in [6.45, 7) is 3.37. The lowest BCUT2D eigenvalue weighted by molar-refractivity contribution is -0.152. The third-order valence-electron chi connectivity index (χ3n) is 6.52. The van der Waals surface area contributed by atoms with Gasteiger partial charge in [-0.15, -0.1) is 0 Å². The largest absolute Gasteiger partial charge is 0.481 e. The van der Waals surface area contributed by atoms with Crippen LogP contribution >= 0.6 is 0 Å². The Morgan fingerprint density at radius 3 is 2.82 bits per heavy atom. The van der Waals surface area contributed by atoms with Gasteiger partial charge in [0.1, 0.15) is 6.10 Å². The van der Waals surface area contributed by atoms with Crippen LogP contribution in [-0.2, 0) is 26.2 Å². The van der Waals surface area contributed by atoms with Gasteiger partial charge in [-0.3, -0.25) is 9.59 Å². The van der Waals surface area contributed by atoms with Crippen molar-refractivity contribution < 1.29 is 23.8 Å². The number of rotatable bonds is 2. The normalized spacial score (nSPS) is 33.4. The second kappa shape index (κ2) is 5.74. The molecule has 0 amide bonds. The molecule has 2 aliphatic heterocycles. The number of nitriles is 1. The number of carbonyl (C=O) groups is 2. The highest BCUT2D eigenvalue weighted by molar-refractivity contribution is 5.73. The molecule has 0 N–H and O–H groups in total. The van der Waals surface area contributed by atoms with Crippen LogP contribution < -0.4 is 9.47 Å². The second-order valence-electron chi connectivity index (χ2n) is 7.90. The first-order chi connectivity index (χ1) is 13.5. The molecule has 2 heterocycles. The fourth-order valence-electron chi connectivity index (χ4n) is 5.68. The van der Waals surface area contributed by atoms with Gasteiger partial charge in [-0.2, -0.15) is 5.26 Å². The van der Waals surface area contributed by atoms with Gasteiger partial charge in [-0.25, -0.2) is 0 Å². The van der Waals surface area contributed by atoms with E-state index in [1.807, 2.05) is 17.0 Å². The van der Waals surface area contributed by atoms with Crippen molar-refractivity contribution in [2.24, 2.45) is 5.92 Å². The minimum atomic E-state index is -0.522. The number of hydrogen-bond donors (Lipinski definition) is 0. The van der Waals surface area contributed by atoms with Gasteiger partial charge in [-0.1, -0.05) is 12.1 Å². The van der Waals surface area contributed by atoms with E-state index in [0.717, 1.165) is 17.5 Å². The minimum absolute atomic E-state index is 0.0393. The molecule has 5 atom stereocenters. The molecule has 1 fully saturated rings. The van der Waals surface area contributed by atoms with E-state index < -0.39 is 23.6 Å². The highest BCUT2D eigenvalue weighted by Crippen LogP contribution is 2.62. The Kier molecular flexibility index (Phi) is 3.51. The van der Waals surface area contributed by atoms with Crippen molar-refractivity contribution in [1.29, 1.82) is 5.26 Å². The average Bonchev–Trinajstić information content (AvgIpc) is 2.98. The van der Waals surface area contributed by atoms with E-state index in [2.05, 4.69) is 12.3 Å². The Bertz CT molecular complexity index is 964. The van der Waals surface area contributed by atoms with Crippen LogP contribution in [0.2, 0.25) is 0 Å². The van der Waals surface area contributed by atoms with E-state index in [1.54, 1.807) is 6.07 Å². The summed E-state index contributed by atoms with van der Waals surface area (Å²) in [4.78, 5) is 25.1. The first-order valence-corrected chi connectivity index (χ1v) is 9.49. The van der Waals surface area contributed by atoms with Gasteiger partial charge < -0.3 is 19.1 Å². The van der Waals surface area contributed by atoms with Crippen LogP contribution in [-0.4, -0.2) is 41.6 Å². The Morgan fingerprint density at radius 1 is 1.29 bits per heavy atom. The van der Waals surface area contributed by atoms with E-state index >= 15 is 0 Å². The summed E-state index contributed by atoms with van der Waals surface area (Å²) < 4.78 is 17.4. The molecular weight excluding hydrogens is 360 g/mol. The van der Waals surface area contributed by atoms with Crippen LogP contribution in [0.5, 0.6) is 11.5 Å². The highest BCUT2D eigenvalue weighted by atomic mass is 16.6. The molecule has 1 saturated heterocycles. The molecule has 4 aliphatic rings. The first kappa shape index (κ1) is 17.1. The zero-order valence-electron chi connectivity index (χ0n) is 15.7. The molecule has 0 radical (unpaired) electrons. The third-order valence-corrected chi connectivity index (χ3v) is 6.52. The molecule has 1 aromatic carbocycles.